The number of pyridine rings is 1. The number of rotatable bonds is 3. The molecule has 1 amide bonds. The molecular weight excluding hydrogens is 371 g/mol. The molecule has 4 rings (SSSR count). The lowest BCUT2D eigenvalue weighted by atomic mass is 10.0. The predicted octanol–water partition coefficient (Wildman–Crippen LogP) is 4.06. The highest BCUT2D eigenvalue weighted by molar-refractivity contribution is 6.08. The molecule has 0 bridgehead atoms. The molecule has 0 aliphatic rings. The monoisotopic (exact) mass is 383 g/mol. The first-order chi connectivity index (χ1) is 13.4. The SMILES string of the molecule is O=C(Nc1ccncc1)c1cnn2ccc(-c3ccccc3C(F)(F)F)nc12. The summed E-state index contributed by atoms with van der Waals surface area (Å²) in [5.41, 5.74) is 0.0503. The van der Waals surface area contributed by atoms with E-state index in [0.717, 1.165) is 6.07 Å². The Morgan fingerprint density at radius 3 is 2.54 bits per heavy atom. The zero-order chi connectivity index (χ0) is 19.7. The van der Waals surface area contributed by atoms with Gasteiger partial charge in [0, 0.05) is 29.8 Å². The van der Waals surface area contributed by atoms with Crippen molar-refractivity contribution in [3.63, 3.8) is 0 Å². The summed E-state index contributed by atoms with van der Waals surface area (Å²) < 4.78 is 41.3. The Balaban J connectivity index is 1.77. The molecule has 0 radical (unpaired) electrons. The largest absolute Gasteiger partial charge is 0.417 e. The van der Waals surface area contributed by atoms with Crippen LogP contribution in [0.5, 0.6) is 0 Å². The van der Waals surface area contributed by atoms with Gasteiger partial charge in [-0.25, -0.2) is 9.50 Å². The number of anilines is 1. The number of carbonyl (C=O) groups is 1. The van der Waals surface area contributed by atoms with Crippen LogP contribution in [0.3, 0.4) is 0 Å². The Hall–Kier alpha value is -3.75. The van der Waals surface area contributed by atoms with Crippen molar-refractivity contribution in [3.05, 3.63) is 78.4 Å². The fourth-order valence-electron chi connectivity index (χ4n) is 2.77. The van der Waals surface area contributed by atoms with Crippen LogP contribution in [0.4, 0.5) is 18.9 Å². The van der Waals surface area contributed by atoms with Gasteiger partial charge in [0.2, 0.25) is 0 Å². The summed E-state index contributed by atoms with van der Waals surface area (Å²) in [5.74, 6) is -0.477. The maximum atomic E-state index is 13.3. The van der Waals surface area contributed by atoms with Crippen molar-refractivity contribution >= 4 is 17.2 Å². The van der Waals surface area contributed by atoms with E-state index < -0.39 is 17.6 Å². The fourth-order valence-corrected chi connectivity index (χ4v) is 2.77. The van der Waals surface area contributed by atoms with Gasteiger partial charge in [0.25, 0.3) is 5.91 Å². The molecule has 0 atom stereocenters. The van der Waals surface area contributed by atoms with Gasteiger partial charge in [-0.3, -0.25) is 9.78 Å². The van der Waals surface area contributed by atoms with Crippen molar-refractivity contribution in [2.24, 2.45) is 0 Å². The molecule has 1 N–H and O–H groups in total. The van der Waals surface area contributed by atoms with Gasteiger partial charge in [-0.1, -0.05) is 18.2 Å². The highest BCUT2D eigenvalue weighted by Gasteiger charge is 2.33. The minimum atomic E-state index is -4.52. The Bertz CT molecular complexity index is 1160. The summed E-state index contributed by atoms with van der Waals surface area (Å²) in [4.78, 5) is 20.7. The number of hydrogen-bond acceptors (Lipinski definition) is 4. The highest BCUT2D eigenvalue weighted by atomic mass is 19.4. The van der Waals surface area contributed by atoms with Crippen LogP contribution in [0, 0.1) is 0 Å². The van der Waals surface area contributed by atoms with E-state index in [4.69, 9.17) is 0 Å². The van der Waals surface area contributed by atoms with E-state index in [2.05, 4.69) is 20.4 Å². The average molecular weight is 383 g/mol. The van der Waals surface area contributed by atoms with Gasteiger partial charge in [0.15, 0.2) is 5.65 Å². The molecule has 0 aliphatic heterocycles. The van der Waals surface area contributed by atoms with Crippen LogP contribution < -0.4 is 5.32 Å². The summed E-state index contributed by atoms with van der Waals surface area (Å²) in [6, 6.07) is 9.81. The van der Waals surface area contributed by atoms with E-state index >= 15 is 0 Å². The number of benzene rings is 1. The van der Waals surface area contributed by atoms with Gasteiger partial charge < -0.3 is 5.32 Å². The maximum absolute atomic E-state index is 13.3. The number of aromatic nitrogens is 4. The molecule has 1 aromatic carbocycles. The van der Waals surface area contributed by atoms with Crippen LogP contribution in [-0.4, -0.2) is 25.5 Å². The molecule has 6 nitrogen and oxygen atoms in total. The normalized spacial score (nSPS) is 11.5. The Morgan fingerprint density at radius 1 is 1.04 bits per heavy atom. The lowest BCUT2D eigenvalue weighted by Gasteiger charge is -2.12. The van der Waals surface area contributed by atoms with Crippen molar-refractivity contribution in [3.8, 4) is 11.3 Å². The standard InChI is InChI=1S/C19H12F3N5O/c20-19(21,22)15-4-2-1-3-13(15)16-7-10-27-17(26-16)14(11-24-27)18(28)25-12-5-8-23-9-6-12/h1-11H,(H,23,25,28). The van der Waals surface area contributed by atoms with Crippen LogP contribution >= 0.6 is 0 Å². The second-order valence-electron chi connectivity index (χ2n) is 5.87. The first-order valence-corrected chi connectivity index (χ1v) is 8.16. The number of hydrogen-bond donors (Lipinski definition) is 1. The van der Waals surface area contributed by atoms with Crippen LogP contribution in [0.2, 0.25) is 0 Å². The van der Waals surface area contributed by atoms with Crippen molar-refractivity contribution in [2.45, 2.75) is 6.18 Å². The number of alkyl halides is 3. The first kappa shape index (κ1) is 17.7. The molecule has 9 heteroatoms. The summed E-state index contributed by atoms with van der Waals surface area (Å²) in [6.07, 6.45) is 1.31. The van der Waals surface area contributed by atoms with Gasteiger partial charge >= 0.3 is 6.18 Å². The maximum Gasteiger partial charge on any atom is 0.417 e. The third-order valence-electron chi connectivity index (χ3n) is 4.06. The van der Waals surface area contributed by atoms with Crippen LogP contribution in [0.25, 0.3) is 16.9 Å². The van der Waals surface area contributed by atoms with E-state index in [9.17, 15) is 18.0 Å². The van der Waals surface area contributed by atoms with E-state index in [1.54, 1.807) is 12.1 Å². The van der Waals surface area contributed by atoms with Gasteiger partial charge in [-0.2, -0.15) is 18.3 Å². The van der Waals surface area contributed by atoms with Crippen molar-refractivity contribution < 1.29 is 18.0 Å². The lowest BCUT2D eigenvalue weighted by Crippen LogP contribution is -2.12. The number of nitrogens with zero attached hydrogens (tertiary/aromatic N) is 4. The van der Waals surface area contributed by atoms with Crippen LogP contribution in [-0.2, 0) is 6.18 Å². The smallest absolute Gasteiger partial charge is 0.322 e. The van der Waals surface area contributed by atoms with Gasteiger partial charge in [0.1, 0.15) is 5.56 Å². The van der Waals surface area contributed by atoms with Gasteiger partial charge in [0.05, 0.1) is 17.5 Å². The van der Waals surface area contributed by atoms with E-state index in [0.29, 0.717) is 5.69 Å². The summed E-state index contributed by atoms with van der Waals surface area (Å²) in [6.45, 7) is 0. The summed E-state index contributed by atoms with van der Waals surface area (Å²) >= 11 is 0. The second kappa shape index (κ2) is 6.76. The number of nitrogens with one attached hydrogen (secondary N) is 1. The second-order valence-corrected chi connectivity index (χ2v) is 5.87. The minimum absolute atomic E-state index is 0.0702. The molecule has 0 aliphatic carbocycles. The molecule has 3 heterocycles. The molecule has 0 saturated carbocycles. The van der Waals surface area contributed by atoms with E-state index in [-0.39, 0.29) is 22.5 Å². The summed E-state index contributed by atoms with van der Waals surface area (Å²) in [7, 11) is 0. The number of fused-ring (bicyclic) bond motifs is 1. The average Bonchev–Trinajstić information content (AvgIpc) is 3.11. The summed E-state index contributed by atoms with van der Waals surface area (Å²) in [5, 5.41) is 6.73. The molecule has 28 heavy (non-hydrogen) atoms. The third-order valence-corrected chi connectivity index (χ3v) is 4.06. The predicted molar refractivity (Wildman–Crippen MR) is 95.6 cm³/mol. The lowest BCUT2D eigenvalue weighted by molar-refractivity contribution is -0.137. The molecule has 0 fully saturated rings. The van der Waals surface area contributed by atoms with Crippen molar-refractivity contribution in [2.75, 3.05) is 5.32 Å². The minimum Gasteiger partial charge on any atom is -0.322 e. The molecule has 0 spiro atoms. The molecule has 140 valence electrons. The fraction of sp³-hybridized carbons (Fsp3) is 0.0526. The van der Waals surface area contributed by atoms with Crippen molar-refractivity contribution in [1.29, 1.82) is 0 Å². The van der Waals surface area contributed by atoms with Crippen molar-refractivity contribution in [1.82, 2.24) is 19.6 Å². The zero-order valence-corrected chi connectivity index (χ0v) is 14.2. The Labute approximate surface area is 156 Å². The molecule has 0 unspecified atom stereocenters. The van der Waals surface area contributed by atoms with Crippen LogP contribution in [0.1, 0.15) is 15.9 Å². The third kappa shape index (κ3) is 3.29. The number of amides is 1. The van der Waals surface area contributed by atoms with E-state index in [1.165, 1.54) is 53.6 Å². The number of halogens is 3. The Kier molecular flexibility index (Phi) is 4.26. The zero-order valence-electron chi connectivity index (χ0n) is 14.2. The first-order valence-electron chi connectivity index (χ1n) is 8.16. The molecule has 3 aromatic heterocycles. The molecule has 4 aromatic rings. The highest BCUT2D eigenvalue weighted by Crippen LogP contribution is 2.36. The van der Waals surface area contributed by atoms with Crippen LogP contribution in [0.15, 0.2) is 67.3 Å². The quantitative estimate of drug-likeness (QED) is 0.579. The van der Waals surface area contributed by atoms with Gasteiger partial charge in [-0.05, 0) is 24.3 Å². The van der Waals surface area contributed by atoms with E-state index in [1.807, 2.05) is 0 Å². The molecule has 0 saturated heterocycles. The molecular formula is C19H12F3N5O. The number of carbonyl (C=O) groups excluding carboxylic acids is 1. The topological polar surface area (TPSA) is 72.2 Å². The Morgan fingerprint density at radius 2 is 1.79 bits per heavy atom. The van der Waals surface area contributed by atoms with Gasteiger partial charge in [-0.15, -0.1) is 0 Å².